The van der Waals surface area contributed by atoms with Crippen LogP contribution in [0.4, 0.5) is 0 Å². The summed E-state index contributed by atoms with van der Waals surface area (Å²) in [5.41, 5.74) is 13.7. The predicted octanol–water partition coefficient (Wildman–Crippen LogP) is 1.19. The van der Waals surface area contributed by atoms with E-state index in [9.17, 15) is 0 Å². The quantitative estimate of drug-likeness (QED) is 0.680. The van der Waals surface area contributed by atoms with Gasteiger partial charge in [0.15, 0.2) is 0 Å². The highest BCUT2D eigenvalue weighted by atomic mass is 16.5. The first-order valence-corrected chi connectivity index (χ1v) is 6.41. The van der Waals surface area contributed by atoms with Crippen LogP contribution in [-0.2, 0) is 6.54 Å². The maximum absolute atomic E-state index is 5.77. The average molecular weight is 251 g/mol. The van der Waals surface area contributed by atoms with Crippen LogP contribution in [-0.4, -0.2) is 26.2 Å². The van der Waals surface area contributed by atoms with Gasteiger partial charge in [0.1, 0.15) is 5.75 Å². The van der Waals surface area contributed by atoms with Gasteiger partial charge < -0.3 is 21.5 Å². The zero-order valence-corrected chi connectivity index (χ0v) is 11.6. The van der Waals surface area contributed by atoms with E-state index < -0.39 is 0 Å². The SMILES string of the molecule is COc1ccc(C(C)C)cc1CNCC(N)CN. The third kappa shape index (κ3) is 4.29. The predicted molar refractivity (Wildman–Crippen MR) is 75.8 cm³/mol. The van der Waals surface area contributed by atoms with Gasteiger partial charge in [0.05, 0.1) is 7.11 Å². The molecule has 0 radical (unpaired) electrons. The molecule has 0 fully saturated rings. The molecular formula is C14H25N3O. The lowest BCUT2D eigenvalue weighted by Gasteiger charge is -2.15. The smallest absolute Gasteiger partial charge is 0.123 e. The molecule has 1 unspecified atom stereocenters. The van der Waals surface area contributed by atoms with Crippen LogP contribution in [0.2, 0.25) is 0 Å². The van der Waals surface area contributed by atoms with Crippen LogP contribution in [0.25, 0.3) is 0 Å². The monoisotopic (exact) mass is 251 g/mol. The van der Waals surface area contributed by atoms with Crippen LogP contribution < -0.4 is 21.5 Å². The Morgan fingerprint density at radius 3 is 2.61 bits per heavy atom. The summed E-state index contributed by atoms with van der Waals surface area (Å²) in [5.74, 6) is 1.43. The molecular weight excluding hydrogens is 226 g/mol. The van der Waals surface area contributed by atoms with E-state index in [2.05, 4.69) is 31.3 Å². The molecule has 0 saturated heterocycles. The number of nitrogens with two attached hydrogens (primary N) is 2. The fourth-order valence-corrected chi connectivity index (χ4v) is 1.77. The summed E-state index contributed by atoms with van der Waals surface area (Å²) in [6.45, 7) is 6.33. The van der Waals surface area contributed by atoms with E-state index in [0.717, 1.165) is 17.9 Å². The van der Waals surface area contributed by atoms with Crippen molar-refractivity contribution in [1.82, 2.24) is 5.32 Å². The third-order valence-electron chi connectivity index (χ3n) is 3.00. The maximum Gasteiger partial charge on any atom is 0.123 e. The molecule has 18 heavy (non-hydrogen) atoms. The van der Waals surface area contributed by atoms with Crippen molar-refractivity contribution in [2.45, 2.75) is 32.4 Å². The van der Waals surface area contributed by atoms with Gasteiger partial charge in [-0.3, -0.25) is 0 Å². The van der Waals surface area contributed by atoms with E-state index in [4.69, 9.17) is 16.2 Å². The second-order valence-electron chi connectivity index (χ2n) is 4.85. The molecule has 1 aromatic rings. The highest BCUT2D eigenvalue weighted by Gasteiger charge is 2.07. The molecule has 4 heteroatoms. The number of methoxy groups -OCH3 is 1. The van der Waals surface area contributed by atoms with Gasteiger partial charge in [-0.15, -0.1) is 0 Å². The summed E-state index contributed by atoms with van der Waals surface area (Å²) < 4.78 is 5.37. The zero-order chi connectivity index (χ0) is 13.5. The van der Waals surface area contributed by atoms with Gasteiger partial charge in [0.25, 0.3) is 0 Å². The van der Waals surface area contributed by atoms with Crippen molar-refractivity contribution in [3.05, 3.63) is 29.3 Å². The van der Waals surface area contributed by atoms with Gasteiger partial charge in [-0.25, -0.2) is 0 Å². The van der Waals surface area contributed by atoms with Gasteiger partial charge >= 0.3 is 0 Å². The van der Waals surface area contributed by atoms with Crippen molar-refractivity contribution in [2.75, 3.05) is 20.2 Å². The topological polar surface area (TPSA) is 73.3 Å². The molecule has 0 aliphatic carbocycles. The van der Waals surface area contributed by atoms with E-state index in [1.54, 1.807) is 7.11 Å². The van der Waals surface area contributed by atoms with E-state index in [-0.39, 0.29) is 6.04 Å². The molecule has 0 aromatic heterocycles. The first-order valence-electron chi connectivity index (χ1n) is 6.41. The van der Waals surface area contributed by atoms with Gasteiger partial charge in [0.2, 0.25) is 0 Å². The lowest BCUT2D eigenvalue weighted by molar-refractivity contribution is 0.407. The second-order valence-corrected chi connectivity index (χ2v) is 4.85. The summed E-state index contributed by atoms with van der Waals surface area (Å²) in [4.78, 5) is 0. The molecule has 0 aliphatic heterocycles. The van der Waals surface area contributed by atoms with Crippen LogP contribution in [0.5, 0.6) is 5.75 Å². The van der Waals surface area contributed by atoms with Crippen molar-refractivity contribution in [1.29, 1.82) is 0 Å². The molecule has 102 valence electrons. The lowest BCUT2D eigenvalue weighted by Crippen LogP contribution is -2.39. The summed E-state index contributed by atoms with van der Waals surface area (Å²) >= 11 is 0. The number of hydrogen-bond acceptors (Lipinski definition) is 4. The largest absolute Gasteiger partial charge is 0.496 e. The van der Waals surface area contributed by atoms with E-state index >= 15 is 0 Å². The normalized spacial score (nSPS) is 12.8. The molecule has 0 bridgehead atoms. The number of nitrogens with one attached hydrogen (secondary N) is 1. The molecule has 0 aliphatic rings. The standard InChI is InChI=1S/C14H25N3O/c1-10(2)11-4-5-14(18-3)12(6-11)8-17-9-13(16)7-15/h4-6,10,13,17H,7-9,15-16H2,1-3H3. The van der Waals surface area contributed by atoms with Gasteiger partial charge in [-0.1, -0.05) is 26.0 Å². The van der Waals surface area contributed by atoms with Crippen molar-refractivity contribution in [3.63, 3.8) is 0 Å². The maximum atomic E-state index is 5.77. The summed E-state index contributed by atoms with van der Waals surface area (Å²) in [7, 11) is 1.69. The van der Waals surface area contributed by atoms with Crippen molar-refractivity contribution in [3.8, 4) is 5.75 Å². The zero-order valence-electron chi connectivity index (χ0n) is 11.6. The fourth-order valence-electron chi connectivity index (χ4n) is 1.77. The average Bonchev–Trinajstić information content (AvgIpc) is 2.38. The number of ether oxygens (including phenoxy) is 1. The number of hydrogen-bond donors (Lipinski definition) is 3. The molecule has 1 aromatic carbocycles. The molecule has 0 amide bonds. The number of rotatable bonds is 7. The Morgan fingerprint density at radius 1 is 1.33 bits per heavy atom. The minimum absolute atomic E-state index is 0.00396. The molecule has 0 spiro atoms. The molecule has 0 heterocycles. The van der Waals surface area contributed by atoms with Crippen molar-refractivity contribution < 1.29 is 4.74 Å². The first kappa shape index (κ1) is 15.0. The molecule has 5 N–H and O–H groups in total. The van der Waals surface area contributed by atoms with Crippen LogP contribution in [0.3, 0.4) is 0 Å². The van der Waals surface area contributed by atoms with E-state index in [0.29, 0.717) is 19.0 Å². The Hall–Kier alpha value is -1.10. The highest BCUT2D eigenvalue weighted by Crippen LogP contribution is 2.23. The first-order chi connectivity index (χ1) is 8.58. The van der Waals surface area contributed by atoms with E-state index in [1.807, 2.05) is 6.07 Å². The van der Waals surface area contributed by atoms with Crippen LogP contribution >= 0.6 is 0 Å². The summed E-state index contributed by atoms with van der Waals surface area (Å²) in [6.07, 6.45) is 0. The van der Waals surface area contributed by atoms with Crippen molar-refractivity contribution >= 4 is 0 Å². The summed E-state index contributed by atoms with van der Waals surface area (Å²) in [5, 5.41) is 3.31. The minimum Gasteiger partial charge on any atom is -0.496 e. The molecule has 0 saturated carbocycles. The Labute approximate surface area is 110 Å². The molecule has 1 atom stereocenters. The van der Waals surface area contributed by atoms with Gasteiger partial charge in [-0.2, -0.15) is 0 Å². The van der Waals surface area contributed by atoms with Crippen molar-refractivity contribution in [2.24, 2.45) is 11.5 Å². The fraction of sp³-hybridized carbons (Fsp3) is 0.571. The molecule has 4 nitrogen and oxygen atoms in total. The van der Waals surface area contributed by atoms with Crippen LogP contribution in [0.15, 0.2) is 18.2 Å². The Balaban J connectivity index is 2.69. The Morgan fingerprint density at radius 2 is 2.06 bits per heavy atom. The van der Waals surface area contributed by atoms with Gasteiger partial charge in [0, 0.05) is 31.2 Å². The summed E-state index contributed by atoms with van der Waals surface area (Å²) in [6, 6.07) is 6.32. The van der Waals surface area contributed by atoms with Gasteiger partial charge in [-0.05, 0) is 17.5 Å². The highest BCUT2D eigenvalue weighted by molar-refractivity contribution is 5.38. The minimum atomic E-state index is 0.00396. The van der Waals surface area contributed by atoms with Crippen LogP contribution in [0.1, 0.15) is 30.9 Å². The Bertz CT molecular complexity index is 366. The third-order valence-corrected chi connectivity index (χ3v) is 3.00. The second kappa shape index (κ2) is 7.36. The van der Waals surface area contributed by atoms with Crippen LogP contribution in [0, 0.1) is 0 Å². The Kier molecular flexibility index (Phi) is 6.12. The molecule has 1 rings (SSSR count). The number of benzene rings is 1. The lowest BCUT2D eigenvalue weighted by atomic mass is 10.00. The van der Waals surface area contributed by atoms with E-state index in [1.165, 1.54) is 5.56 Å².